The van der Waals surface area contributed by atoms with Gasteiger partial charge in [0.15, 0.2) is 0 Å². The smallest absolute Gasteiger partial charge is 0.222 e. The third kappa shape index (κ3) is 2.23. The molecule has 0 aliphatic heterocycles. The van der Waals surface area contributed by atoms with Gasteiger partial charge in [0.1, 0.15) is 0 Å². The zero-order chi connectivity index (χ0) is 14.7. The van der Waals surface area contributed by atoms with Crippen LogP contribution < -0.4 is 0 Å². The van der Waals surface area contributed by atoms with Crippen molar-refractivity contribution in [1.29, 1.82) is 0 Å². The Labute approximate surface area is 131 Å². The van der Waals surface area contributed by atoms with Crippen LogP contribution in [0.25, 0.3) is 0 Å². The van der Waals surface area contributed by atoms with Gasteiger partial charge in [-0.1, -0.05) is 13.8 Å². The lowest BCUT2D eigenvalue weighted by Gasteiger charge is -2.64. The van der Waals surface area contributed by atoms with E-state index >= 15 is 0 Å². The Hall–Kier alpha value is -0.570. The Kier molecular flexibility index (Phi) is 2.99. The molecule has 4 fully saturated rings. The topological polar surface area (TPSA) is 38.9 Å². The van der Waals surface area contributed by atoms with Crippen LogP contribution in [0.4, 0.5) is 0 Å². The summed E-state index contributed by atoms with van der Waals surface area (Å²) in [5, 5.41) is 8.74. The molecule has 0 saturated heterocycles. The van der Waals surface area contributed by atoms with Crippen molar-refractivity contribution in [1.82, 2.24) is 10.2 Å². The fraction of sp³-hybridized carbons (Fsp3) is 0.882. The van der Waals surface area contributed by atoms with E-state index in [1.807, 2.05) is 0 Å². The van der Waals surface area contributed by atoms with Gasteiger partial charge in [-0.15, -0.1) is 21.8 Å². The average Bonchev–Trinajstić information content (AvgIpc) is 2.81. The molecule has 4 aliphatic carbocycles. The number of alkyl halides is 1. The van der Waals surface area contributed by atoms with Crippen LogP contribution in [0.2, 0.25) is 0 Å². The Morgan fingerprint density at radius 1 is 1.10 bits per heavy atom. The van der Waals surface area contributed by atoms with Crippen LogP contribution in [-0.4, -0.2) is 16.1 Å². The molecule has 1 aromatic heterocycles. The largest absolute Gasteiger partial charge is 0.425 e. The fourth-order valence-corrected chi connectivity index (χ4v) is 6.61. The van der Waals surface area contributed by atoms with Crippen LogP contribution in [-0.2, 0) is 11.8 Å². The highest BCUT2D eigenvalue weighted by molar-refractivity contribution is 6.17. The molecule has 116 valence electrons. The van der Waals surface area contributed by atoms with E-state index in [9.17, 15) is 0 Å². The standard InChI is InChI=1S/C17H25ClN2O/c1-15-6-12-7-16(2,9-15)11-17(8-12,10-15)14-20-19-13(21-14)4-3-5-18/h12H,3-11H2,1-2H3. The molecule has 2 unspecified atom stereocenters. The van der Waals surface area contributed by atoms with E-state index in [0.717, 1.165) is 30.5 Å². The van der Waals surface area contributed by atoms with Crippen LogP contribution in [0.1, 0.15) is 70.6 Å². The lowest BCUT2D eigenvalue weighted by molar-refractivity contribution is -0.117. The third-order valence-corrected chi connectivity index (χ3v) is 6.34. The number of aromatic nitrogens is 2. The van der Waals surface area contributed by atoms with Crippen LogP contribution in [0, 0.1) is 16.7 Å². The minimum atomic E-state index is 0.162. The maximum absolute atomic E-state index is 6.08. The van der Waals surface area contributed by atoms with E-state index in [0.29, 0.717) is 16.7 Å². The molecule has 1 heterocycles. The first-order chi connectivity index (χ1) is 9.94. The molecular weight excluding hydrogens is 284 g/mol. The molecule has 1 aromatic rings. The van der Waals surface area contributed by atoms with E-state index in [1.54, 1.807) is 0 Å². The van der Waals surface area contributed by atoms with Crippen molar-refractivity contribution in [3.8, 4) is 0 Å². The molecular formula is C17H25ClN2O. The third-order valence-electron chi connectivity index (χ3n) is 6.07. The monoisotopic (exact) mass is 308 g/mol. The zero-order valence-corrected chi connectivity index (χ0v) is 13.9. The molecule has 2 atom stereocenters. The van der Waals surface area contributed by atoms with Crippen molar-refractivity contribution >= 4 is 11.6 Å². The van der Waals surface area contributed by atoms with Crippen LogP contribution >= 0.6 is 11.6 Å². The van der Waals surface area contributed by atoms with Crippen LogP contribution in [0.3, 0.4) is 0 Å². The molecule has 0 N–H and O–H groups in total. The van der Waals surface area contributed by atoms with E-state index in [1.165, 1.54) is 38.5 Å². The van der Waals surface area contributed by atoms with Crippen molar-refractivity contribution < 1.29 is 4.42 Å². The quantitative estimate of drug-likeness (QED) is 0.769. The number of halogens is 1. The highest BCUT2D eigenvalue weighted by Crippen LogP contribution is 2.69. The van der Waals surface area contributed by atoms with Crippen molar-refractivity contribution in [3.05, 3.63) is 11.8 Å². The summed E-state index contributed by atoms with van der Waals surface area (Å²) >= 11 is 5.76. The Balaban J connectivity index is 1.66. The predicted octanol–water partition coefficient (Wildman–Crippen LogP) is 4.49. The Morgan fingerprint density at radius 2 is 1.81 bits per heavy atom. The van der Waals surface area contributed by atoms with Gasteiger partial charge in [0, 0.05) is 17.7 Å². The lowest BCUT2D eigenvalue weighted by atomic mass is 9.40. The molecule has 4 bridgehead atoms. The SMILES string of the molecule is CC12CC3CC(C)(C1)CC(c1nnc(CCCCl)o1)(C3)C2. The first kappa shape index (κ1) is 14.0. The van der Waals surface area contributed by atoms with Crippen molar-refractivity contribution in [3.63, 3.8) is 0 Å². The highest BCUT2D eigenvalue weighted by Gasteiger charge is 2.62. The van der Waals surface area contributed by atoms with Gasteiger partial charge < -0.3 is 4.42 Å². The van der Waals surface area contributed by atoms with Gasteiger partial charge in [-0.25, -0.2) is 0 Å². The maximum atomic E-state index is 6.08. The summed E-state index contributed by atoms with van der Waals surface area (Å²) in [5.41, 5.74) is 1.13. The minimum absolute atomic E-state index is 0.162. The minimum Gasteiger partial charge on any atom is -0.425 e. The van der Waals surface area contributed by atoms with Crippen molar-refractivity contribution in [2.24, 2.45) is 16.7 Å². The van der Waals surface area contributed by atoms with Gasteiger partial charge in [0.2, 0.25) is 11.8 Å². The summed E-state index contributed by atoms with van der Waals surface area (Å²) in [5.74, 6) is 3.21. The summed E-state index contributed by atoms with van der Waals surface area (Å²) in [6.45, 7) is 4.96. The van der Waals surface area contributed by atoms with E-state index in [2.05, 4.69) is 24.0 Å². The van der Waals surface area contributed by atoms with E-state index in [4.69, 9.17) is 16.0 Å². The van der Waals surface area contributed by atoms with Crippen LogP contribution in [0.15, 0.2) is 4.42 Å². The molecule has 0 radical (unpaired) electrons. The molecule has 0 amide bonds. The Bertz CT molecular complexity index is 537. The van der Waals surface area contributed by atoms with Crippen LogP contribution in [0.5, 0.6) is 0 Å². The molecule has 0 spiro atoms. The summed E-state index contributed by atoms with van der Waals surface area (Å²) in [4.78, 5) is 0. The van der Waals surface area contributed by atoms with Gasteiger partial charge in [0.05, 0.1) is 0 Å². The van der Waals surface area contributed by atoms with E-state index in [-0.39, 0.29) is 5.41 Å². The van der Waals surface area contributed by atoms with E-state index < -0.39 is 0 Å². The molecule has 21 heavy (non-hydrogen) atoms. The van der Waals surface area contributed by atoms with Gasteiger partial charge >= 0.3 is 0 Å². The summed E-state index contributed by atoms with van der Waals surface area (Å²) in [6, 6.07) is 0. The normalized spacial score (nSPS) is 44.4. The second-order valence-electron chi connectivity index (χ2n) is 8.70. The zero-order valence-electron chi connectivity index (χ0n) is 13.1. The second kappa shape index (κ2) is 4.47. The summed E-state index contributed by atoms with van der Waals surface area (Å²) in [6.07, 6.45) is 9.64. The van der Waals surface area contributed by atoms with Gasteiger partial charge in [-0.05, 0) is 61.7 Å². The molecule has 0 aromatic carbocycles. The highest BCUT2D eigenvalue weighted by atomic mass is 35.5. The first-order valence-electron chi connectivity index (χ1n) is 8.33. The average molecular weight is 309 g/mol. The maximum Gasteiger partial charge on any atom is 0.222 e. The van der Waals surface area contributed by atoms with Gasteiger partial charge in [-0.2, -0.15) is 0 Å². The number of hydrogen-bond acceptors (Lipinski definition) is 3. The lowest BCUT2D eigenvalue weighted by Crippen LogP contribution is -2.57. The molecule has 4 saturated carbocycles. The molecule has 4 heteroatoms. The summed E-state index contributed by atoms with van der Waals surface area (Å²) < 4.78 is 6.08. The van der Waals surface area contributed by atoms with Gasteiger partial charge in [0.25, 0.3) is 0 Å². The molecule has 5 rings (SSSR count). The number of nitrogens with zero attached hydrogens (tertiary/aromatic N) is 2. The molecule has 3 nitrogen and oxygen atoms in total. The second-order valence-corrected chi connectivity index (χ2v) is 9.08. The van der Waals surface area contributed by atoms with Crippen molar-refractivity contribution in [2.75, 3.05) is 5.88 Å². The molecule has 4 aliphatic rings. The number of rotatable bonds is 4. The predicted molar refractivity (Wildman–Crippen MR) is 82.4 cm³/mol. The Morgan fingerprint density at radius 3 is 2.43 bits per heavy atom. The summed E-state index contributed by atoms with van der Waals surface area (Å²) in [7, 11) is 0. The van der Waals surface area contributed by atoms with Gasteiger partial charge in [-0.3, -0.25) is 0 Å². The number of hydrogen-bond donors (Lipinski definition) is 0. The number of aryl methyl sites for hydroxylation is 1. The fourth-order valence-electron chi connectivity index (χ4n) is 6.47. The first-order valence-corrected chi connectivity index (χ1v) is 8.87. The van der Waals surface area contributed by atoms with Crippen molar-refractivity contribution in [2.45, 2.75) is 70.6 Å².